The first-order valence-corrected chi connectivity index (χ1v) is 1.37. The molecule has 7 heavy (non-hydrogen) atoms. The molecule has 0 aromatic heterocycles. The summed E-state index contributed by atoms with van der Waals surface area (Å²) in [6.45, 7) is 0. The summed E-state index contributed by atoms with van der Waals surface area (Å²) in [5, 5.41) is 0. The van der Waals surface area contributed by atoms with Gasteiger partial charge in [-0.25, -0.2) is 0 Å². The van der Waals surface area contributed by atoms with Gasteiger partial charge >= 0.3 is 25.6 Å². The zero-order valence-electron chi connectivity index (χ0n) is 4.10. The Bertz CT molecular complexity index is 17.7. The Kier molecular flexibility index (Phi) is 292. The van der Waals surface area contributed by atoms with Crippen LogP contribution in [0.3, 0.4) is 0 Å². The molecule has 0 unspecified atom stereocenters. The summed E-state index contributed by atoms with van der Waals surface area (Å²) < 4.78 is 8.34. The smallest absolute Gasteiger partial charge is 0 e. The van der Waals surface area contributed by atoms with Crippen LogP contribution in [0.15, 0.2) is 0 Å². The second-order valence-corrected chi connectivity index (χ2v) is 0. The van der Waals surface area contributed by atoms with Crippen molar-refractivity contribution < 1.29 is 58.4 Å². The summed E-state index contributed by atoms with van der Waals surface area (Å²) in [4.78, 5) is 0. The van der Waals surface area contributed by atoms with Crippen LogP contribution in [0.1, 0.15) is 0 Å². The van der Waals surface area contributed by atoms with Crippen molar-refractivity contribution in [2.45, 2.75) is 0 Å². The molecular weight excluding hydrogens is 342 g/mol. The number of hydrogen-bond acceptors (Lipinski definition) is 1. The standard InChI is InChI=1S/Mn.2Na.Ni.O.Sn.Ti. The van der Waals surface area contributed by atoms with Crippen LogP contribution >= 0.6 is 0 Å². The van der Waals surface area contributed by atoms with E-state index in [1.807, 2.05) is 0 Å². The predicted molar refractivity (Wildman–Crippen MR) is 17.9 cm³/mol. The summed E-state index contributed by atoms with van der Waals surface area (Å²) in [7, 11) is 0. The van der Waals surface area contributed by atoms with E-state index >= 15 is 0 Å². The van der Waals surface area contributed by atoms with Crippen LogP contribution in [0.4, 0.5) is 0 Å². The van der Waals surface area contributed by atoms with Crippen LogP contribution < -0.4 is 0 Å². The molecule has 0 spiro atoms. The summed E-state index contributed by atoms with van der Waals surface area (Å²) in [5.41, 5.74) is 0. The second kappa shape index (κ2) is 48.0. The van der Waals surface area contributed by atoms with Crippen LogP contribution in [-0.2, 0) is 58.4 Å². The first kappa shape index (κ1) is 42.6. The molecule has 0 atom stereocenters. The van der Waals surface area contributed by atoms with Crippen LogP contribution in [0.25, 0.3) is 0 Å². The van der Waals surface area contributed by atoms with Gasteiger partial charge in [-0.2, -0.15) is 0 Å². The molecule has 0 aliphatic carbocycles. The number of rotatable bonds is 0. The molecule has 0 heterocycles. The van der Waals surface area contributed by atoms with Crippen molar-refractivity contribution in [1.82, 2.24) is 0 Å². The van der Waals surface area contributed by atoms with Gasteiger partial charge in [0, 0.05) is 114 Å². The fourth-order valence-corrected chi connectivity index (χ4v) is 0. The molecule has 0 amide bonds. The van der Waals surface area contributed by atoms with E-state index in [0.29, 0.717) is 22.5 Å². The third kappa shape index (κ3) is 38.3. The van der Waals surface area contributed by atoms with E-state index in [0.717, 1.165) is 0 Å². The zero-order valence-corrected chi connectivity index (χ0v) is 14.7. The zero-order chi connectivity index (χ0) is 2.00. The van der Waals surface area contributed by atoms with Gasteiger partial charge in [-0.3, -0.25) is 0 Å². The van der Waals surface area contributed by atoms with Crippen molar-refractivity contribution >= 4 is 81.6 Å². The molecular formula is MnNa2NiOSnTi. The van der Waals surface area contributed by atoms with Gasteiger partial charge in [0.1, 0.15) is 0 Å². The van der Waals surface area contributed by atoms with E-state index in [4.69, 9.17) is 3.08 Å². The molecule has 0 rings (SSSR count). The van der Waals surface area contributed by atoms with Crippen molar-refractivity contribution in [3.8, 4) is 0 Å². The average Bonchev–Trinajstić information content (AvgIpc) is 1.00. The number of hydrogen-bond donors (Lipinski definition) is 0. The predicted octanol–water partition coefficient (Wildman–Crippen LogP) is -1.27. The molecule has 0 aliphatic heterocycles. The average molecular weight is 342 g/mol. The summed E-state index contributed by atoms with van der Waals surface area (Å²) >= 11 is 0.300. The molecule has 0 aromatic rings. The summed E-state index contributed by atoms with van der Waals surface area (Å²) in [6, 6.07) is 0. The van der Waals surface area contributed by atoms with Crippen molar-refractivity contribution in [2.24, 2.45) is 0 Å². The molecule has 0 bridgehead atoms. The van der Waals surface area contributed by atoms with Gasteiger partial charge in [0.15, 0.2) is 0 Å². The van der Waals surface area contributed by atoms with Gasteiger partial charge in [-0.05, 0) is 0 Å². The Morgan fingerprint density at radius 1 is 1.00 bits per heavy atom. The minimum Gasteiger partial charge on any atom is 0 e. The molecule has 5 radical (unpaired) electrons. The normalized spacial score (nSPS) is 0.571. The molecule has 0 aliphatic rings. The fraction of sp³-hybridized carbons (Fsp3) is 0. The SMILES string of the molecule is [Mn].[Na].[Na].[Ni].[O]=[Sn].[Ti]. The van der Waals surface area contributed by atoms with E-state index in [2.05, 4.69) is 0 Å². The maximum absolute atomic E-state index is 8.34. The molecule has 1 nitrogen and oxygen atoms in total. The summed E-state index contributed by atoms with van der Waals surface area (Å²) in [6.07, 6.45) is 0. The van der Waals surface area contributed by atoms with Crippen LogP contribution in [-0.4, -0.2) is 81.6 Å². The maximum atomic E-state index is 8.34. The Labute approximate surface area is 137 Å². The van der Waals surface area contributed by atoms with Gasteiger partial charge in [0.2, 0.25) is 0 Å². The topological polar surface area (TPSA) is 17.1 Å². The quantitative estimate of drug-likeness (QED) is 0.502. The van der Waals surface area contributed by atoms with Crippen molar-refractivity contribution in [2.75, 3.05) is 0 Å². The molecule has 0 aromatic carbocycles. The van der Waals surface area contributed by atoms with Gasteiger partial charge < -0.3 is 0 Å². The van der Waals surface area contributed by atoms with E-state index < -0.39 is 0 Å². The first-order valence-electron chi connectivity index (χ1n) is 0.204. The minimum atomic E-state index is 0. The van der Waals surface area contributed by atoms with Crippen LogP contribution in [0.5, 0.6) is 0 Å². The summed E-state index contributed by atoms with van der Waals surface area (Å²) in [5.74, 6) is 0. The second-order valence-electron chi connectivity index (χ2n) is 0. The molecule has 0 saturated heterocycles. The maximum Gasteiger partial charge on any atom is 0 e. The molecule has 0 N–H and O–H groups in total. The van der Waals surface area contributed by atoms with Crippen molar-refractivity contribution in [3.63, 3.8) is 0 Å². The van der Waals surface area contributed by atoms with E-state index in [-0.39, 0.29) is 114 Å². The van der Waals surface area contributed by atoms with Gasteiger partial charge in [-0.1, -0.05) is 0 Å². The van der Waals surface area contributed by atoms with Crippen molar-refractivity contribution in [3.05, 3.63) is 0 Å². The Hall–Kier alpha value is 4.33. The van der Waals surface area contributed by atoms with E-state index in [1.54, 1.807) is 0 Å². The van der Waals surface area contributed by atoms with Gasteiger partial charge in [-0.15, -0.1) is 0 Å². The Morgan fingerprint density at radius 3 is 1.00 bits per heavy atom. The van der Waals surface area contributed by atoms with Gasteiger partial charge in [0.25, 0.3) is 0 Å². The fourth-order valence-electron chi connectivity index (χ4n) is 0. The Morgan fingerprint density at radius 2 is 1.00 bits per heavy atom. The van der Waals surface area contributed by atoms with Crippen LogP contribution in [0.2, 0.25) is 0 Å². The molecule has 0 fully saturated rings. The van der Waals surface area contributed by atoms with E-state index in [9.17, 15) is 0 Å². The first-order chi connectivity index (χ1) is 1.00. The monoisotopic (exact) mass is 343 g/mol. The van der Waals surface area contributed by atoms with Crippen LogP contribution in [0, 0.1) is 0 Å². The third-order valence-electron chi connectivity index (χ3n) is 0. The molecule has 0 saturated carbocycles. The Balaban J connectivity index is -0.000000000500. The van der Waals surface area contributed by atoms with E-state index in [1.165, 1.54) is 0 Å². The minimum absolute atomic E-state index is 0. The van der Waals surface area contributed by atoms with Gasteiger partial charge in [0.05, 0.1) is 0 Å². The third-order valence-corrected chi connectivity index (χ3v) is 0. The molecule has 33 valence electrons. The molecule has 7 heteroatoms. The largest absolute Gasteiger partial charge is 0 e. The van der Waals surface area contributed by atoms with Crippen molar-refractivity contribution in [1.29, 1.82) is 0 Å².